The lowest BCUT2D eigenvalue weighted by atomic mass is 10.2. The average molecular weight is 265 g/mol. The molecule has 19 heavy (non-hydrogen) atoms. The van der Waals surface area contributed by atoms with Crippen LogP contribution in [0.5, 0.6) is 0 Å². The van der Waals surface area contributed by atoms with Gasteiger partial charge in [0.25, 0.3) is 0 Å². The molecule has 1 aliphatic carbocycles. The largest absolute Gasteiger partial charge is 0.381 e. The van der Waals surface area contributed by atoms with Crippen LogP contribution >= 0.6 is 0 Å². The van der Waals surface area contributed by atoms with Crippen LogP contribution in [0.25, 0.3) is 0 Å². The molecule has 1 aliphatic rings. The summed E-state index contributed by atoms with van der Waals surface area (Å²) in [6, 6.07) is 0.653. The van der Waals surface area contributed by atoms with E-state index in [4.69, 9.17) is 4.74 Å². The fourth-order valence-corrected chi connectivity index (χ4v) is 2.73. The van der Waals surface area contributed by atoms with Gasteiger partial charge in [-0.05, 0) is 32.6 Å². The van der Waals surface area contributed by atoms with Crippen LogP contribution in [0.2, 0.25) is 0 Å². The molecule has 1 saturated carbocycles. The van der Waals surface area contributed by atoms with E-state index in [1.54, 1.807) is 0 Å². The maximum Gasteiger partial charge on any atom is 0.203 e. The molecule has 0 unspecified atom stereocenters. The topological polar surface area (TPSA) is 39.1 Å². The molecule has 4 heteroatoms. The Bertz CT molecular complexity index is 369. The molecule has 1 heterocycles. The summed E-state index contributed by atoms with van der Waals surface area (Å²) in [6.07, 6.45) is 9.62. The molecular formula is C15H27N3O. The van der Waals surface area contributed by atoms with Crippen LogP contribution in [0.3, 0.4) is 0 Å². The Morgan fingerprint density at radius 3 is 2.89 bits per heavy atom. The molecule has 1 fully saturated rings. The molecule has 0 bridgehead atoms. The zero-order chi connectivity index (χ0) is 13.5. The number of imidazole rings is 1. The number of aromatic nitrogens is 2. The molecule has 1 N–H and O–H groups in total. The first-order valence-corrected chi connectivity index (χ1v) is 7.68. The van der Waals surface area contributed by atoms with Crippen LogP contribution in [0.4, 0.5) is 5.95 Å². The van der Waals surface area contributed by atoms with Crippen LogP contribution in [-0.2, 0) is 4.74 Å². The van der Waals surface area contributed by atoms with Crippen molar-refractivity contribution in [2.24, 2.45) is 0 Å². The first-order valence-electron chi connectivity index (χ1n) is 7.68. The van der Waals surface area contributed by atoms with Gasteiger partial charge in [-0.15, -0.1) is 0 Å². The van der Waals surface area contributed by atoms with Gasteiger partial charge in [0.1, 0.15) is 0 Å². The molecule has 1 aromatic rings. The molecule has 0 atom stereocenters. The molecule has 0 aromatic carbocycles. The summed E-state index contributed by atoms with van der Waals surface area (Å²) in [5, 5.41) is 3.46. The van der Waals surface area contributed by atoms with Crippen LogP contribution < -0.4 is 5.32 Å². The number of rotatable bonds is 8. The van der Waals surface area contributed by atoms with E-state index in [1.807, 2.05) is 0 Å². The Morgan fingerprint density at radius 2 is 2.16 bits per heavy atom. The monoisotopic (exact) mass is 265 g/mol. The molecule has 108 valence electrons. The van der Waals surface area contributed by atoms with Crippen molar-refractivity contribution in [2.45, 2.75) is 58.4 Å². The van der Waals surface area contributed by atoms with Crippen molar-refractivity contribution in [2.75, 3.05) is 25.1 Å². The minimum Gasteiger partial charge on any atom is -0.381 e. The Morgan fingerprint density at radius 1 is 1.37 bits per heavy atom. The van der Waals surface area contributed by atoms with Crippen molar-refractivity contribution in [1.82, 2.24) is 9.55 Å². The lowest BCUT2D eigenvalue weighted by Crippen LogP contribution is -2.13. The number of ether oxygens (including phenoxy) is 1. The van der Waals surface area contributed by atoms with Gasteiger partial charge in [-0.3, -0.25) is 0 Å². The summed E-state index contributed by atoms with van der Waals surface area (Å²) in [7, 11) is 0. The predicted octanol–water partition coefficient (Wildman–Crippen LogP) is 3.54. The van der Waals surface area contributed by atoms with E-state index in [1.165, 1.54) is 25.7 Å². The van der Waals surface area contributed by atoms with Gasteiger partial charge < -0.3 is 14.6 Å². The summed E-state index contributed by atoms with van der Waals surface area (Å²) in [5.41, 5.74) is 1.11. The SMILES string of the molecule is CCCOCCCNc1nc(C)cn1C1CCCC1. The second kappa shape index (κ2) is 7.53. The third-order valence-electron chi connectivity index (χ3n) is 3.67. The van der Waals surface area contributed by atoms with Crippen molar-refractivity contribution in [3.05, 3.63) is 11.9 Å². The van der Waals surface area contributed by atoms with Gasteiger partial charge in [0.2, 0.25) is 5.95 Å². The van der Waals surface area contributed by atoms with Crippen LogP contribution in [-0.4, -0.2) is 29.3 Å². The molecule has 0 spiro atoms. The van der Waals surface area contributed by atoms with Crippen LogP contribution in [0.1, 0.15) is 57.2 Å². The summed E-state index contributed by atoms with van der Waals surface area (Å²) in [4.78, 5) is 4.60. The Kier molecular flexibility index (Phi) is 5.70. The Labute approximate surface area is 116 Å². The van der Waals surface area contributed by atoms with Crippen molar-refractivity contribution < 1.29 is 4.74 Å². The standard InChI is InChI=1S/C15H27N3O/c1-3-10-19-11-6-9-16-15-17-13(2)12-18(15)14-7-4-5-8-14/h12,14H,3-11H2,1-2H3,(H,16,17). The molecule has 0 saturated heterocycles. The summed E-state index contributed by atoms with van der Waals surface area (Å²) in [6.45, 7) is 6.85. The number of hydrogen-bond acceptors (Lipinski definition) is 3. The van der Waals surface area contributed by atoms with Crippen molar-refractivity contribution in [1.29, 1.82) is 0 Å². The zero-order valence-electron chi connectivity index (χ0n) is 12.3. The van der Waals surface area contributed by atoms with E-state index in [-0.39, 0.29) is 0 Å². The quantitative estimate of drug-likeness (QED) is 0.731. The highest BCUT2D eigenvalue weighted by molar-refractivity contribution is 5.29. The van der Waals surface area contributed by atoms with E-state index in [0.29, 0.717) is 6.04 Å². The molecule has 1 aromatic heterocycles. The number of aryl methyl sites for hydroxylation is 1. The van der Waals surface area contributed by atoms with Crippen molar-refractivity contribution in [3.8, 4) is 0 Å². The van der Waals surface area contributed by atoms with Crippen LogP contribution in [0, 0.1) is 6.92 Å². The van der Waals surface area contributed by atoms with Gasteiger partial charge in [-0.25, -0.2) is 4.98 Å². The minimum atomic E-state index is 0.653. The summed E-state index contributed by atoms with van der Waals surface area (Å²) < 4.78 is 7.83. The van der Waals surface area contributed by atoms with Gasteiger partial charge in [0, 0.05) is 32.0 Å². The summed E-state index contributed by atoms with van der Waals surface area (Å²) >= 11 is 0. The first-order chi connectivity index (χ1) is 9.31. The van der Waals surface area contributed by atoms with E-state index >= 15 is 0 Å². The Hall–Kier alpha value is -1.03. The fourth-order valence-electron chi connectivity index (χ4n) is 2.73. The molecule has 0 amide bonds. The lowest BCUT2D eigenvalue weighted by Gasteiger charge is -2.15. The van der Waals surface area contributed by atoms with E-state index < -0.39 is 0 Å². The van der Waals surface area contributed by atoms with Crippen LogP contribution in [0.15, 0.2) is 6.20 Å². The van der Waals surface area contributed by atoms with Gasteiger partial charge in [-0.1, -0.05) is 19.8 Å². The molecule has 0 radical (unpaired) electrons. The third-order valence-corrected chi connectivity index (χ3v) is 3.67. The molecule has 0 aliphatic heterocycles. The normalized spacial score (nSPS) is 16.1. The molecule has 4 nitrogen and oxygen atoms in total. The maximum absolute atomic E-state index is 5.49. The van der Waals surface area contributed by atoms with E-state index in [2.05, 4.69) is 34.9 Å². The first kappa shape index (κ1) is 14.4. The van der Waals surface area contributed by atoms with Gasteiger partial charge in [0.05, 0.1) is 5.69 Å². The lowest BCUT2D eigenvalue weighted by molar-refractivity contribution is 0.134. The zero-order valence-corrected chi connectivity index (χ0v) is 12.3. The second-order valence-electron chi connectivity index (χ2n) is 5.44. The summed E-state index contributed by atoms with van der Waals surface area (Å²) in [5.74, 6) is 1.04. The van der Waals surface area contributed by atoms with E-state index in [9.17, 15) is 0 Å². The number of nitrogens with one attached hydrogen (secondary N) is 1. The molecular weight excluding hydrogens is 238 g/mol. The number of hydrogen-bond donors (Lipinski definition) is 1. The fraction of sp³-hybridized carbons (Fsp3) is 0.800. The number of nitrogens with zero attached hydrogens (tertiary/aromatic N) is 2. The van der Waals surface area contributed by atoms with Gasteiger partial charge >= 0.3 is 0 Å². The second-order valence-corrected chi connectivity index (χ2v) is 5.44. The maximum atomic E-state index is 5.49. The highest BCUT2D eigenvalue weighted by atomic mass is 16.5. The van der Waals surface area contributed by atoms with Crippen molar-refractivity contribution >= 4 is 5.95 Å². The minimum absolute atomic E-state index is 0.653. The van der Waals surface area contributed by atoms with Crippen molar-refractivity contribution in [3.63, 3.8) is 0 Å². The van der Waals surface area contributed by atoms with E-state index in [0.717, 1.165) is 44.2 Å². The predicted molar refractivity (Wildman–Crippen MR) is 78.7 cm³/mol. The number of anilines is 1. The molecule has 2 rings (SSSR count). The average Bonchev–Trinajstić information content (AvgIpc) is 3.02. The smallest absolute Gasteiger partial charge is 0.203 e. The highest BCUT2D eigenvalue weighted by Gasteiger charge is 2.19. The third kappa shape index (κ3) is 4.23. The van der Waals surface area contributed by atoms with Gasteiger partial charge in [-0.2, -0.15) is 0 Å². The Balaban J connectivity index is 1.79. The van der Waals surface area contributed by atoms with Gasteiger partial charge in [0.15, 0.2) is 0 Å². The highest BCUT2D eigenvalue weighted by Crippen LogP contribution is 2.31.